The number of carbonyl (C=O) groups excluding carboxylic acids is 2. The Labute approximate surface area is 118 Å². The van der Waals surface area contributed by atoms with Crippen LogP contribution in [0.15, 0.2) is 10.5 Å². The first kappa shape index (κ1) is 14.3. The predicted octanol–water partition coefficient (Wildman–Crippen LogP) is -0.102. The molecule has 1 aliphatic rings. The van der Waals surface area contributed by atoms with Gasteiger partial charge < -0.3 is 20.6 Å². The van der Waals surface area contributed by atoms with E-state index < -0.39 is 12.1 Å². The molecule has 2 heterocycles. The van der Waals surface area contributed by atoms with E-state index in [1.54, 1.807) is 12.3 Å². The number of amides is 1. The van der Waals surface area contributed by atoms with E-state index in [0.29, 0.717) is 18.1 Å². The molecule has 1 aliphatic heterocycles. The van der Waals surface area contributed by atoms with Crippen molar-refractivity contribution in [2.75, 3.05) is 18.9 Å². The van der Waals surface area contributed by atoms with Gasteiger partial charge in [0.1, 0.15) is 5.69 Å². The highest BCUT2D eigenvalue weighted by molar-refractivity contribution is 7.13. The summed E-state index contributed by atoms with van der Waals surface area (Å²) >= 11 is 1.17. The van der Waals surface area contributed by atoms with Crippen LogP contribution < -0.4 is 11.1 Å². The van der Waals surface area contributed by atoms with Crippen LogP contribution in [-0.2, 0) is 19.2 Å². The Kier molecular flexibility index (Phi) is 4.51. The highest BCUT2D eigenvalue weighted by Crippen LogP contribution is 2.14. The minimum atomic E-state index is -0.699. The average molecular weight is 298 g/mol. The second-order valence-electron chi connectivity index (χ2n) is 3.91. The van der Waals surface area contributed by atoms with Gasteiger partial charge in [0.2, 0.25) is 11.8 Å². The van der Waals surface area contributed by atoms with Gasteiger partial charge in [0.05, 0.1) is 6.61 Å². The number of ether oxygens (including phenoxy) is 1. The van der Waals surface area contributed by atoms with E-state index in [1.165, 1.54) is 11.3 Å². The third-order valence-corrected chi connectivity index (χ3v) is 3.18. The molecule has 0 aliphatic carbocycles. The minimum absolute atomic E-state index is 0.0977. The Balaban J connectivity index is 2.17. The van der Waals surface area contributed by atoms with Crippen molar-refractivity contribution in [3.63, 3.8) is 0 Å². The van der Waals surface area contributed by atoms with Gasteiger partial charge >= 0.3 is 5.97 Å². The van der Waals surface area contributed by atoms with Crippen molar-refractivity contribution in [1.29, 1.82) is 0 Å². The number of rotatable bonds is 5. The second-order valence-corrected chi connectivity index (χ2v) is 4.79. The van der Waals surface area contributed by atoms with Gasteiger partial charge in [-0.25, -0.2) is 9.78 Å². The number of nitrogens with two attached hydrogens (primary N) is 1. The lowest BCUT2D eigenvalue weighted by atomic mass is 10.3. The molecule has 2 rings (SSSR count). The summed E-state index contributed by atoms with van der Waals surface area (Å²) in [6.07, 6.45) is -0.201. The van der Waals surface area contributed by atoms with E-state index in [0.717, 1.165) is 0 Å². The summed E-state index contributed by atoms with van der Waals surface area (Å²) in [6.45, 7) is 2.40. The van der Waals surface area contributed by atoms with E-state index in [1.807, 2.05) is 0 Å². The largest absolute Gasteiger partial charge is 0.461 e. The molecule has 0 spiro atoms. The number of hydrogen-bond donors (Lipinski definition) is 2. The zero-order valence-corrected chi connectivity index (χ0v) is 11.6. The van der Waals surface area contributed by atoms with Crippen LogP contribution in [0.2, 0.25) is 0 Å². The molecule has 1 aromatic heterocycles. The van der Waals surface area contributed by atoms with Crippen LogP contribution in [0, 0.1) is 0 Å². The molecular formula is C11H14N4O4S. The SMILES string of the molecule is CCOC(=O)/C(=N/O[C@H]1CCNC1=O)c1csc(N)n1. The Morgan fingerprint density at radius 3 is 3.05 bits per heavy atom. The molecule has 1 fully saturated rings. The summed E-state index contributed by atoms with van der Waals surface area (Å²) < 4.78 is 4.88. The standard InChI is InChI=1S/C11H14N4O4S/c1-2-18-10(17)8(6-5-20-11(12)14-6)15-19-7-3-4-13-9(7)16/h5,7H,2-4H2,1H3,(H2,12,14)(H,13,16)/b15-8+/t7-/m0/s1. The molecule has 0 aromatic carbocycles. The molecule has 1 atom stereocenters. The van der Waals surface area contributed by atoms with Crippen LogP contribution in [0.5, 0.6) is 0 Å². The monoisotopic (exact) mass is 298 g/mol. The number of thiazole rings is 1. The number of oxime groups is 1. The van der Waals surface area contributed by atoms with Crippen LogP contribution in [0.3, 0.4) is 0 Å². The number of nitrogens with one attached hydrogen (secondary N) is 1. The summed E-state index contributed by atoms with van der Waals surface area (Å²) in [6, 6.07) is 0. The maximum Gasteiger partial charge on any atom is 0.362 e. The maximum absolute atomic E-state index is 11.8. The molecule has 9 heteroatoms. The summed E-state index contributed by atoms with van der Waals surface area (Å²) in [7, 11) is 0. The van der Waals surface area contributed by atoms with Crippen molar-refractivity contribution in [2.24, 2.45) is 5.16 Å². The number of carbonyl (C=O) groups is 2. The number of esters is 1. The highest BCUT2D eigenvalue weighted by atomic mass is 32.1. The number of nitrogens with zero attached hydrogens (tertiary/aromatic N) is 2. The van der Waals surface area contributed by atoms with Gasteiger partial charge in [-0.15, -0.1) is 11.3 Å². The highest BCUT2D eigenvalue weighted by Gasteiger charge is 2.27. The number of anilines is 1. The summed E-state index contributed by atoms with van der Waals surface area (Å²) in [5, 5.41) is 8.21. The third-order valence-electron chi connectivity index (χ3n) is 2.50. The molecule has 0 bridgehead atoms. The molecule has 0 unspecified atom stereocenters. The van der Waals surface area contributed by atoms with E-state index in [9.17, 15) is 9.59 Å². The molecule has 0 saturated carbocycles. The lowest BCUT2D eigenvalue weighted by Crippen LogP contribution is -2.26. The van der Waals surface area contributed by atoms with Gasteiger partial charge in [0, 0.05) is 18.3 Å². The lowest BCUT2D eigenvalue weighted by molar-refractivity contribution is -0.136. The van der Waals surface area contributed by atoms with Gasteiger partial charge in [-0.3, -0.25) is 4.79 Å². The van der Waals surface area contributed by atoms with Crippen LogP contribution in [0.25, 0.3) is 0 Å². The lowest BCUT2D eigenvalue weighted by Gasteiger charge is -2.07. The fourth-order valence-corrected chi connectivity index (χ4v) is 2.12. The van der Waals surface area contributed by atoms with Crippen molar-refractivity contribution in [1.82, 2.24) is 10.3 Å². The Morgan fingerprint density at radius 1 is 1.70 bits per heavy atom. The first-order valence-corrected chi connectivity index (χ1v) is 6.89. The van der Waals surface area contributed by atoms with E-state index in [-0.39, 0.29) is 23.9 Å². The van der Waals surface area contributed by atoms with E-state index >= 15 is 0 Å². The molecule has 20 heavy (non-hydrogen) atoms. The van der Waals surface area contributed by atoms with Crippen LogP contribution >= 0.6 is 11.3 Å². The Morgan fingerprint density at radius 2 is 2.50 bits per heavy atom. The van der Waals surface area contributed by atoms with Gasteiger partial charge in [-0.1, -0.05) is 5.16 Å². The van der Waals surface area contributed by atoms with Crippen LogP contribution in [0.4, 0.5) is 5.13 Å². The topological polar surface area (TPSA) is 116 Å². The maximum atomic E-state index is 11.8. The van der Waals surface area contributed by atoms with Gasteiger partial charge in [0.15, 0.2) is 5.13 Å². The number of hydrogen-bond acceptors (Lipinski definition) is 8. The zero-order chi connectivity index (χ0) is 14.5. The van der Waals surface area contributed by atoms with Crippen molar-refractivity contribution in [3.05, 3.63) is 11.1 Å². The number of aromatic nitrogens is 1. The first-order chi connectivity index (χ1) is 9.61. The molecular weight excluding hydrogens is 284 g/mol. The van der Waals surface area contributed by atoms with E-state index in [4.69, 9.17) is 15.3 Å². The minimum Gasteiger partial charge on any atom is -0.461 e. The zero-order valence-electron chi connectivity index (χ0n) is 10.8. The Hall–Kier alpha value is -2.16. The smallest absolute Gasteiger partial charge is 0.362 e. The summed E-state index contributed by atoms with van der Waals surface area (Å²) in [5.41, 5.74) is 5.70. The molecule has 1 saturated heterocycles. The molecule has 0 radical (unpaired) electrons. The fourth-order valence-electron chi connectivity index (χ4n) is 1.57. The van der Waals surface area contributed by atoms with Crippen molar-refractivity contribution < 1.29 is 19.2 Å². The van der Waals surface area contributed by atoms with Gasteiger partial charge in [-0.2, -0.15) is 0 Å². The summed E-state index contributed by atoms with van der Waals surface area (Å²) in [4.78, 5) is 32.3. The second kappa shape index (κ2) is 6.33. The van der Waals surface area contributed by atoms with Crippen LogP contribution in [-0.4, -0.2) is 41.8 Å². The quantitative estimate of drug-likeness (QED) is 0.445. The first-order valence-electron chi connectivity index (χ1n) is 6.01. The fraction of sp³-hybridized carbons (Fsp3) is 0.455. The molecule has 108 valence electrons. The third kappa shape index (κ3) is 3.23. The van der Waals surface area contributed by atoms with Crippen molar-refractivity contribution >= 4 is 34.1 Å². The summed E-state index contributed by atoms with van der Waals surface area (Å²) in [5.74, 6) is -0.925. The molecule has 1 amide bonds. The Bertz CT molecular complexity index is 542. The molecule has 1 aromatic rings. The normalized spacial score (nSPS) is 18.8. The molecule has 8 nitrogen and oxygen atoms in total. The van der Waals surface area contributed by atoms with Crippen LogP contribution in [0.1, 0.15) is 19.0 Å². The predicted molar refractivity (Wildman–Crippen MR) is 72.2 cm³/mol. The van der Waals surface area contributed by atoms with E-state index in [2.05, 4.69) is 15.5 Å². The average Bonchev–Trinajstić information content (AvgIpc) is 3.00. The van der Waals surface area contributed by atoms with Gasteiger partial charge in [-0.05, 0) is 6.92 Å². The number of nitrogen functional groups attached to an aromatic ring is 1. The molecule has 3 N–H and O–H groups in total. The van der Waals surface area contributed by atoms with Gasteiger partial charge in [0.25, 0.3) is 5.91 Å². The van der Waals surface area contributed by atoms with Crippen molar-refractivity contribution in [2.45, 2.75) is 19.4 Å². The van der Waals surface area contributed by atoms with Crippen molar-refractivity contribution in [3.8, 4) is 0 Å².